The summed E-state index contributed by atoms with van der Waals surface area (Å²) in [6, 6.07) is 3.07. The predicted octanol–water partition coefficient (Wildman–Crippen LogP) is 2.78. The number of nitro benzene ring substituents is 1. The predicted molar refractivity (Wildman–Crippen MR) is 62.8 cm³/mol. The van der Waals surface area contributed by atoms with E-state index in [9.17, 15) is 19.3 Å². The van der Waals surface area contributed by atoms with Gasteiger partial charge in [-0.05, 0) is 31.9 Å². The van der Waals surface area contributed by atoms with Gasteiger partial charge in [-0.25, -0.2) is 4.39 Å². The molecular weight excluding hydrogens is 241 g/mol. The molecule has 5 nitrogen and oxygen atoms in total. The molecule has 1 aromatic rings. The number of nitrogens with zero attached hydrogens (tertiary/aromatic N) is 1. The van der Waals surface area contributed by atoms with Crippen LogP contribution >= 0.6 is 0 Å². The minimum atomic E-state index is -1.14. The van der Waals surface area contributed by atoms with Crippen molar-refractivity contribution in [2.24, 2.45) is 5.41 Å². The molecule has 0 aliphatic carbocycles. The molecule has 0 radical (unpaired) electrons. The van der Waals surface area contributed by atoms with E-state index < -0.39 is 22.1 Å². The first-order valence-corrected chi connectivity index (χ1v) is 5.46. The maximum atomic E-state index is 13.1. The summed E-state index contributed by atoms with van der Waals surface area (Å²) in [7, 11) is 0. The second-order valence-electron chi connectivity index (χ2n) is 4.43. The Hall–Kier alpha value is -1.98. The molecule has 0 saturated carbocycles. The summed E-state index contributed by atoms with van der Waals surface area (Å²) in [5.41, 5.74) is -1.29. The van der Waals surface area contributed by atoms with E-state index in [0.717, 1.165) is 18.2 Å². The van der Waals surface area contributed by atoms with Crippen LogP contribution in [0.1, 0.15) is 25.8 Å². The largest absolute Gasteiger partial charge is 0.481 e. The van der Waals surface area contributed by atoms with E-state index in [1.807, 2.05) is 0 Å². The van der Waals surface area contributed by atoms with Crippen molar-refractivity contribution in [3.05, 3.63) is 39.7 Å². The standard InChI is InChI=1S/C12H14FNO4/c1-3-12(2,11(15)16)7-8-6-9(13)4-5-10(8)14(17)18/h4-6H,3,7H2,1-2H3,(H,15,16). The number of carbonyl (C=O) groups is 1. The molecule has 1 aromatic carbocycles. The fourth-order valence-corrected chi connectivity index (χ4v) is 1.65. The Morgan fingerprint density at radius 3 is 2.61 bits per heavy atom. The molecule has 1 rings (SSSR count). The minimum Gasteiger partial charge on any atom is -0.481 e. The molecule has 6 heteroatoms. The number of hydrogen-bond acceptors (Lipinski definition) is 3. The van der Waals surface area contributed by atoms with Crippen LogP contribution in [0, 0.1) is 21.3 Å². The van der Waals surface area contributed by atoms with Crippen LogP contribution in [0.15, 0.2) is 18.2 Å². The highest BCUT2D eigenvalue weighted by atomic mass is 19.1. The summed E-state index contributed by atoms with van der Waals surface area (Å²) >= 11 is 0. The molecule has 0 spiro atoms. The van der Waals surface area contributed by atoms with Gasteiger partial charge in [-0.3, -0.25) is 14.9 Å². The highest BCUT2D eigenvalue weighted by Crippen LogP contribution is 2.31. The molecule has 0 aliphatic rings. The van der Waals surface area contributed by atoms with E-state index >= 15 is 0 Å². The maximum absolute atomic E-state index is 13.1. The van der Waals surface area contributed by atoms with Crippen LogP contribution in [-0.4, -0.2) is 16.0 Å². The number of halogens is 1. The molecule has 98 valence electrons. The fraction of sp³-hybridized carbons (Fsp3) is 0.417. The van der Waals surface area contributed by atoms with Gasteiger partial charge in [0.2, 0.25) is 0 Å². The van der Waals surface area contributed by atoms with E-state index in [1.165, 1.54) is 6.92 Å². The van der Waals surface area contributed by atoms with Crippen LogP contribution in [0.2, 0.25) is 0 Å². The number of benzene rings is 1. The molecule has 1 atom stereocenters. The van der Waals surface area contributed by atoms with Gasteiger partial charge in [-0.15, -0.1) is 0 Å². The Bertz CT molecular complexity index is 489. The lowest BCUT2D eigenvalue weighted by Gasteiger charge is -2.22. The third-order valence-corrected chi connectivity index (χ3v) is 3.12. The van der Waals surface area contributed by atoms with Crippen molar-refractivity contribution >= 4 is 11.7 Å². The van der Waals surface area contributed by atoms with Gasteiger partial charge in [-0.2, -0.15) is 0 Å². The molecule has 18 heavy (non-hydrogen) atoms. The van der Waals surface area contributed by atoms with Crippen molar-refractivity contribution in [1.29, 1.82) is 0 Å². The van der Waals surface area contributed by atoms with Gasteiger partial charge < -0.3 is 5.11 Å². The van der Waals surface area contributed by atoms with Crippen LogP contribution in [0.5, 0.6) is 0 Å². The van der Waals surface area contributed by atoms with Crippen LogP contribution in [0.25, 0.3) is 0 Å². The van der Waals surface area contributed by atoms with Crippen LogP contribution in [0.3, 0.4) is 0 Å². The summed E-state index contributed by atoms with van der Waals surface area (Å²) in [4.78, 5) is 21.3. The first kappa shape index (κ1) is 14.1. The number of hydrogen-bond donors (Lipinski definition) is 1. The highest BCUT2D eigenvalue weighted by Gasteiger charge is 2.33. The molecular formula is C12H14FNO4. The second-order valence-corrected chi connectivity index (χ2v) is 4.43. The average molecular weight is 255 g/mol. The van der Waals surface area contributed by atoms with Crippen molar-refractivity contribution in [2.45, 2.75) is 26.7 Å². The smallest absolute Gasteiger partial charge is 0.309 e. The normalized spacial score (nSPS) is 13.9. The Kier molecular flexibility index (Phi) is 4.00. The number of carboxylic acid groups (broad SMARTS) is 1. The zero-order chi connectivity index (χ0) is 13.9. The number of carboxylic acids is 1. The minimum absolute atomic E-state index is 0.0765. The van der Waals surface area contributed by atoms with E-state index in [0.29, 0.717) is 6.42 Å². The summed E-state index contributed by atoms with van der Waals surface area (Å²) in [6.45, 7) is 3.17. The topological polar surface area (TPSA) is 80.4 Å². The SMILES string of the molecule is CCC(C)(Cc1cc(F)ccc1[N+](=O)[O-])C(=O)O. The molecule has 0 heterocycles. The first-order chi connectivity index (χ1) is 8.30. The third-order valence-electron chi connectivity index (χ3n) is 3.12. The Morgan fingerprint density at radius 1 is 1.56 bits per heavy atom. The molecule has 0 saturated heterocycles. The zero-order valence-electron chi connectivity index (χ0n) is 10.1. The molecule has 0 amide bonds. The summed E-state index contributed by atoms with van der Waals surface area (Å²) in [5, 5.41) is 19.9. The van der Waals surface area contributed by atoms with Crippen molar-refractivity contribution in [3.8, 4) is 0 Å². The lowest BCUT2D eigenvalue weighted by molar-refractivity contribution is -0.385. The van der Waals surface area contributed by atoms with Gasteiger partial charge in [0.25, 0.3) is 5.69 Å². The zero-order valence-corrected chi connectivity index (χ0v) is 10.1. The van der Waals surface area contributed by atoms with E-state index in [1.54, 1.807) is 6.92 Å². The number of rotatable bonds is 5. The van der Waals surface area contributed by atoms with E-state index in [2.05, 4.69) is 0 Å². The maximum Gasteiger partial charge on any atom is 0.309 e. The van der Waals surface area contributed by atoms with Gasteiger partial charge >= 0.3 is 5.97 Å². The average Bonchev–Trinajstić information content (AvgIpc) is 2.28. The van der Waals surface area contributed by atoms with E-state index in [-0.39, 0.29) is 17.7 Å². The lowest BCUT2D eigenvalue weighted by atomic mass is 9.81. The van der Waals surface area contributed by atoms with Crippen LogP contribution < -0.4 is 0 Å². The molecule has 0 fully saturated rings. The lowest BCUT2D eigenvalue weighted by Crippen LogP contribution is -2.29. The third kappa shape index (κ3) is 2.82. The Balaban J connectivity index is 3.20. The van der Waals surface area contributed by atoms with Gasteiger partial charge in [-0.1, -0.05) is 6.92 Å². The second kappa shape index (κ2) is 5.12. The van der Waals surface area contributed by atoms with Gasteiger partial charge in [0.05, 0.1) is 10.3 Å². The quantitative estimate of drug-likeness (QED) is 0.648. The summed E-state index contributed by atoms with van der Waals surface area (Å²) in [6.07, 6.45) is 0.225. The van der Waals surface area contributed by atoms with Crippen LogP contribution in [0.4, 0.5) is 10.1 Å². The highest BCUT2D eigenvalue weighted by molar-refractivity contribution is 5.74. The van der Waals surface area contributed by atoms with Crippen LogP contribution in [-0.2, 0) is 11.2 Å². The first-order valence-electron chi connectivity index (χ1n) is 5.46. The molecule has 0 aliphatic heterocycles. The summed E-state index contributed by atoms with van der Waals surface area (Å²) < 4.78 is 13.1. The van der Waals surface area contributed by atoms with Crippen molar-refractivity contribution in [3.63, 3.8) is 0 Å². The Morgan fingerprint density at radius 2 is 2.17 bits per heavy atom. The summed E-state index contributed by atoms with van der Waals surface area (Å²) in [5.74, 6) is -1.66. The number of nitro groups is 1. The molecule has 1 N–H and O–H groups in total. The monoisotopic (exact) mass is 255 g/mol. The van der Waals surface area contributed by atoms with Crippen molar-refractivity contribution in [1.82, 2.24) is 0 Å². The molecule has 0 aromatic heterocycles. The van der Waals surface area contributed by atoms with Gasteiger partial charge in [0.1, 0.15) is 5.82 Å². The van der Waals surface area contributed by atoms with Gasteiger partial charge in [0.15, 0.2) is 0 Å². The molecule has 1 unspecified atom stereocenters. The van der Waals surface area contributed by atoms with E-state index in [4.69, 9.17) is 5.11 Å². The van der Waals surface area contributed by atoms with Gasteiger partial charge in [0, 0.05) is 11.6 Å². The Labute approximate surface area is 103 Å². The molecule has 0 bridgehead atoms. The van der Waals surface area contributed by atoms with Crippen molar-refractivity contribution in [2.75, 3.05) is 0 Å². The number of aliphatic carboxylic acids is 1. The van der Waals surface area contributed by atoms with Crippen molar-refractivity contribution < 1.29 is 19.2 Å². The fourth-order valence-electron chi connectivity index (χ4n) is 1.65.